The molecule has 1 fully saturated rings. The third-order valence-corrected chi connectivity index (χ3v) is 5.68. The van der Waals surface area contributed by atoms with E-state index in [1.165, 1.54) is 5.56 Å². The fourth-order valence-corrected chi connectivity index (χ4v) is 3.80. The zero-order valence-corrected chi connectivity index (χ0v) is 17.6. The summed E-state index contributed by atoms with van der Waals surface area (Å²) in [5, 5.41) is 10.0. The lowest BCUT2D eigenvalue weighted by Crippen LogP contribution is -2.45. The highest BCUT2D eigenvalue weighted by molar-refractivity contribution is 5.93. The molecule has 0 atom stereocenters. The van der Waals surface area contributed by atoms with Crippen LogP contribution in [0.5, 0.6) is 0 Å². The van der Waals surface area contributed by atoms with Crippen molar-refractivity contribution in [2.24, 2.45) is 0 Å². The summed E-state index contributed by atoms with van der Waals surface area (Å²) < 4.78 is 5.58. The molecule has 3 aromatic rings. The number of hydrogen-bond donors (Lipinski definition) is 2. The number of carbonyl (C=O) groups excluding carboxylic acids is 1. The third kappa shape index (κ3) is 4.80. The van der Waals surface area contributed by atoms with Crippen LogP contribution in [0.2, 0.25) is 0 Å². The number of furan rings is 1. The topological polar surface area (TPSA) is 77.4 Å². The van der Waals surface area contributed by atoms with E-state index in [9.17, 15) is 4.79 Å². The van der Waals surface area contributed by atoms with Crippen LogP contribution in [0.3, 0.4) is 0 Å². The Morgan fingerprint density at radius 1 is 1.10 bits per heavy atom. The van der Waals surface area contributed by atoms with Gasteiger partial charge >= 0.3 is 0 Å². The second-order valence-corrected chi connectivity index (χ2v) is 7.74. The van der Waals surface area contributed by atoms with Gasteiger partial charge in [-0.3, -0.25) is 14.8 Å². The summed E-state index contributed by atoms with van der Waals surface area (Å²) >= 11 is 0. The number of carbonyl (C=O) groups is 1. The van der Waals surface area contributed by atoms with E-state index in [0.29, 0.717) is 23.7 Å². The largest absolute Gasteiger partial charge is 0.460 e. The molecule has 7 nitrogen and oxygen atoms in total. The Morgan fingerprint density at radius 2 is 1.83 bits per heavy atom. The number of piperazine rings is 1. The van der Waals surface area contributed by atoms with Gasteiger partial charge in [0.25, 0.3) is 5.91 Å². The van der Waals surface area contributed by atoms with Crippen LogP contribution in [0.25, 0.3) is 11.5 Å². The standard InChI is InChI=1S/C23H29N5O2/c1-3-27-10-12-28(13-11-27)16-19-7-5-4-6-18(19)15-24-23(29)21-14-20(25-26-21)22-9-8-17(2)30-22/h4-9,14H,3,10-13,15-16H2,1-2H3,(H,24,29)(H,25,26). The molecule has 4 rings (SSSR count). The maximum atomic E-state index is 12.6. The van der Waals surface area contributed by atoms with Gasteiger partial charge in [0.1, 0.15) is 11.5 Å². The van der Waals surface area contributed by atoms with Crippen LogP contribution in [0.15, 0.2) is 46.9 Å². The number of nitrogens with one attached hydrogen (secondary N) is 2. The molecule has 2 N–H and O–H groups in total. The lowest BCUT2D eigenvalue weighted by atomic mass is 10.1. The molecule has 1 aliphatic heterocycles. The molecule has 0 unspecified atom stereocenters. The average Bonchev–Trinajstić information content (AvgIpc) is 3.43. The van der Waals surface area contributed by atoms with Crippen molar-refractivity contribution in [1.82, 2.24) is 25.3 Å². The van der Waals surface area contributed by atoms with Gasteiger partial charge in [-0.25, -0.2) is 0 Å². The van der Waals surface area contributed by atoms with Crippen molar-refractivity contribution in [1.29, 1.82) is 0 Å². The van der Waals surface area contributed by atoms with Gasteiger partial charge < -0.3 is 14.6 Å². The maximum absolute atomic E-state index is 12.6. The van der Waals surface area contributed by atoms with Crippen molar-refractivity contribution in [3.8, 4) is 11.5 Å². The summed E-state index contributed by atoms with van der Waals surface area (Å²) in [6.45, 7) is 11.0. The Hall–Kier alpha value is -2.90. The molecule has 1 saturated heterocycles. The van der Waals surface area contributed by atoms with Gasteiger partial charge in [-0.2, -0.15) is 5.10 Å². The fourth-order valence-electron chi connectivity index (χ4n) is 3.80. The van der Waals surface area contributed by atoms with E-state index in [2.05, 4.69) is 50.4 Å². The highest BCUT2D eigenvalue weighted by atomic mass is 16.3. The summed E-state index contributed by atoms with van der Waals surface area (Å²) in [6, 6.07) is 13.8. The first-order chi connectivity index (χ1) is 14.6. The molecule has 1 aromatic carbocycles. The van der Waals surface area contributed by atoms with Crippen LogP contribution in [0.1, 0.15) is 34.3 Å². The number of rotatable bonds is 7. The van der Waals surface area contributed by atoms with E-state index >= 15 is 0 Å². The number of aromatic nitrogens is 2. The van der Waals surface area contributed by atoms with Gasteiger partial charge in [0.15, 0.2) is 11.5 Å². The van der Waals surface area contributed by atoms with Crippen molar-refractivity contribution in [2.45, 2.75) is 26.9 Å². The molecule has 1 amide bonds. The molecule has 3 heterocycles. The first kappa shape index (κ1) is 20.4. The minimum Gasteiger partial charge on any atom is -0.460 e. The minimum absolute atomic E-state index is 0.202. The maximum Gasteiger partial charge on any atom is 0.272 e. The molecule has 158 valence electrons. The summed E-state index contributed by atoms with van der Waals surface area (Å²) in [7, 11) is 0. The SMILES string of the molecule is CCN1CCN(Cc2ccccc2CNC(=O)c2cc(-c3ccc(C)o3)[nH]n2)CC1. The molecule has 0 bridgehead atoms. The van der Waals surface area contributed by atoms with E-state index in [-0.39, 0.29) is 5.91 Å². The molecule has 0 aliphatic carbocycles. The predicted molar refractivity (Wildman–Crippen MR) is 116 cm³/mol. The van der Waals surface area contributed by atoms with Crippen LogP contribution < -0.4 is 5.32 Å². The first-order valence-electron chi connectivity index (χ1n) is 10.5. The number of amides is 1. The molecular weight excluding hydrogens is 378 g/mol. The van der Waals surface area contributed by atoms with Crippen LogP contribution in [-0.4, -0.2) is 58.6 Å². The Balaban J connectivity index is 1.36. The molecular formula is C23H29N5O2. The van der Waals surface area contributed by atoms with E-state index in [4.69, 9.17) is 4.42 Å². The number of H-pyrrole nitrogens is 1. The monoisotopic (exact) mass is 407 g/mol. The van der Waals surface area contributed by atoms with E-state index < -0.39 is 0 Å². The van der Waals surface area contributed by atoms with Crippen LogP contribution in [0, 0.1) is 6.92 Å². The zero-order valence-electron chi connectivity index (χ0n) is 17.6. The van der Waals surface area contributed by atoms with Crippen molar-refractivity contribution < 1.29 is 9.21 Å². The summed E-state index contributed by atoms with van der Waals surface area (Å²) in [6.07, 6.45) is 0. The number of benzene rings is 1. The normalized spacial score (nSPS) is 15.4. The Morgan fingerprint density at radius 3 is 2.53 bits per heavy atom. The average molecular weight is 408 g/mol. The second-order valence-electron chi connectivity index (χ2n) is 7.74. The molecule has 7 heteroatoms. The summed E-state index contributed by atoms with van der Waals surface area (Å²) in [4.78, 5) is 17.6. The van der Waals surface area contributed by atoms with Gasteiger partial charge in [-0.1, -0.05) is 31.2 Å². The molecule has 0 radical (unpaired) electrons. The number of aryl methyl sites for hydroxylation is 1. The predicted octanol–water partition coefficient (Wildman–Crippen LogP) is 3.05. The quantitative estimate of drug-likeness (QED) is 0.630. The van der Waals surface area contributed by atoms with Gasteiger partial charge in [0.2, 0.25) is 0 Å². The molecule has 30 heavy (non-hydrogen) atoms. The highest BCUT2D eigenvalue weighted by Gasteiger charge is 2.17. The van der Waals surface area contributed by atoms with Crippen molar-refractivity contribution >= 4 is 5.91 Å². The lowest BCUT2D eigenvalue weighted by Gasteiger charge is -2.34. The molecule has 1 aliphatic rings. The van der Waals surface area contributed by atoms with E-state index in [0.717, 1.165) is 50.6 Å². The van der Waals surface area contributed by atoms with Crippen LogP contribution in [0.4, 0.5) is 0 Å². The molecule has 2 aromatic heterocycles. The van der Waals surface area contributed by atoms with Crippen molar-refractivity contribution in [3.63, 3.8) is 0 Å². The molecule has 0 saturated carbocycles. The van der Waals surface area contributed by atoms with E-state index in [1.54, 1.807) is 6.07 Å². The zero-order chi connectivity index (χ0) is 20.9. The summed E-state index contributed by atoms with van der Waals surface area (Å²) in [5.74, 6) is 1.29. The Kier molecular flexibility index (Phi) is 6.30. The number of nitrogens with zero attached hydrogens (tertiary/aromatic N) is 3. The van der Waals surface area contributed by atoms with E-state index in [1.807, 2.05) is 25.1 Å². The lowest BCUT2D eigenvalue weighted by molar-refractivity contribution is 0.0945. The number of aromatic amines is 1. The number of hydrogen-bond acceptors (Lipinski definition) is 5. The Bertz CT molecular complexity index is 985. The minimum atomic E-state index is -0.202. The number of likely N-dealkylation sites (N-methyl/N-ethyl adjacent to an activating group) is 1. The van der Waals surface area contributed by atoms with Crippen molar-refractivity contribution in [3.05, 3.63) is 65.0 Å². The van der Waals surface area contributed by atoms with Gasteiger partial charge in [-0.05, 0) is 36.7 Å². The molecule has 0 spiro atoms. The van der Waals surface area contributed by atoms with Gasteiger partial charge in [0, 0.05) is 45.3 Å². The second kappa shape index (κ2) is 9.28. The van der Waals surface area contributed by atoms with Crippen molar-refractivity contribution in [2.75, 3.05) is 32.7 Å². The highest BCUT2D eigenvalue weighted by Crippen LogP contribution is 2.20. The smallest absolute Gasteiger partial charge is 0.272 e. The van der Waals surface area contributed by atoms with Gasteiger partial charge in [0.05, 0.1) is 0 Å². The third-order valence-electron chi connectivity index (χ3n) is 5.68. The van der Waals surface area contributed by atoms with Gasteiger partial charge in [-0.15, -0.1) is 0 Å². The summed E-state index contributed by atoms with van der Waals surface area (Å²) in [5.41, 5.74) is 3.45. The van der Waals surface area contributed by atoms with Crippen LogP contribution >= 0.6 is 0 Å². The first-order valence-corrected chi connectivity index (χ1v) is 10.5. The fraction of sp³-hybridized carbons (Fsp3) is 0.391. The van der Waals surface area contributed by atoms with Crippen LogP contribution in [-0.2, 0) is 13.1 Å². The Labute approximate surface area is 177 Å².